The van der Waals surface area contributed by atoms with Gasteiger partial charge in [0.15, 0.2) is 11.6 Å². The molecule has 1 unspecified atom stereocenters. The van der Waals surface area contributed by atoms with Crippen LogP contribution in [0, 0.1) is 17.1 Å². The van der Waals surface area contributed by atoms with Crippen molar-refractivity contribution >= 4 is 5.69 Å². The van der Waals surface area contributed by atoms with Crippen molar-refractivity contribution in [2.75, 3.05) is 11.9 Å². The van der Waals surface area contributed by atoms with Gasteiger partial charge in [0.1, 0.15) is 23.7 Å². The highest BCUT2D eigenvalue weighted by Crippen LogP contribution is 2.37. The van der Waals surface area contributed by atoms with Crippen molar-refractivity contribution in [2.45, 2.75) is 32.9 Å². The minimum atomic E-state index is -0.796. The summed E-state index contributed by atoms with van der Waals surface area (Å²) in [6.45, 7) is 5.94. The predicted molar refractivity (Wildman–Crippen MR) is 132 cm³/mol. The van der Waals surface area contributed by atoms with Crippen molar-refractivity contribution < 1.29 is 18.3 Å². The van der Waals surface area contributed by atoms with Crippen LogP contribution in [0.2, 0.25) is 0 Å². The molecule has 1 atom stereocenters. The molecule has 0 amide bonds. The maximum absolute atomic E-state index is 15.8. The molecule has 0 saturated heterocycles. The van der Waals surface area contributed by atoms with Crippen molar-refractivity contribution in [1.82, 2.24) is 4.98 Å². The zero-order valence-corrected chi connectivity index (χ0v) is 19.8. The Morgan fingerprint density at radius 2 is 1.83 bits per heavy atom. The minimum absolute atomic E-state index is 0.0856. The summed E-state index contributed by atoms with van der Waals surface area (Å²) in [6, 6.07) is 20.9. The lowest BCUT2D eigenvalue weighted by Gasteiger charge is -2.21. The third-order valence-corrected chi connectivity index (χ3v) is 5.19. The number of nitriles is 1. The Bertz CT molecular complexity index is 1310. The first-order valence-electron chi connectivity index (χ1n) is 11.4. The highest BCUT2D eigenvalue weighted by molar-refractivity contribution is 5.58. The number of hydrogen-bond donors (Lipinski definition) is 1. The standard InChI is InChI=1S/C28H26FN3O3/c1-4-33-22-14-23(26(29)25(15-22)35-18(2)3)27(31-21-12-10-19(16-30)11-13-21)28-32-24(17-34-28)20-8-6-5-7-9-20/h5-15,17-18,27,31H,4H2,1-3H3. The van der Waals surface area contributed by atoms with Crippen molar-refractivity contribution in [3.05, 3.63) is 95.8 Å². The summed E-state index contributed by atoms with van der Waals surface area (Å²) in [4.78, 5) is 4.66. The molecule has 0 bridgehead atoms. The van der Waals surface area contributed by atoms with E-state index in [4.69, 9.17) is 19.2 Å². The Balaban J connectivity index is 1.82. The van der Waals surface area contributed by atoms with Crippen LogP contribution in [0.4, 0.5) is 10.1 Å². The van der Waals surface area contributed by atoms with Crippen LogP contribution in [0.1, 0.15) is 43.8 Å². The third-order valence-electron chi connectivity index (χ3n) is 5.19. The van der Waals surface area contributed by atoms with Crippen LogP contribution in [0.3, 0.4) is 0 Å². The van der Waals surface area contributed by atoms with Gasteiger partial charge in [-0.2, -0.15) is 5.26 Å². The van der Waals surface area contributed by atoms with Crippen LogP contribution in [-0.4, -0.2) is 17.7 Å². The third kappa shape index (κ3) is 5.61. The van der Waals surface area contributed by atoms with Crippen molar-refractivity contribution in [1.29, 1.82) is 5.26 Å². The lowest BCUT2D eigenvalue weighted by atomic mass is 10.0. The first-order valence-corrected chi connectivity index (χ1v) is 11.4. The number of halogens is 1. The number of hydrogen-bond acceptors (Lipinski definition) is 6. The normalized spacial score (nSPS) is 11.7. The van der Waals surface area contributed by atoms with Crippen molar-refractivity contribution in [3.63, 3.8) is 0 Å². The number of nitrogens with one attached hydrogen (secondary N) is 1. The number of oxazole rings is 1. The second kappa shape index (κ2) is 10.7. The van der Waals surface area contributed by atoms with Gasteiger partial charge in [0.2, 0.25) is 5.89 Å². The van der Waals surface area contributed by atoms with Gasteiger partial charge >= 0.3 is 0 Å². The molecule has 0 fully saturated rings. The van der Waals surface area contributed by atoms with Gasteiger partial charge in [-0.05, 0) is 51.1 Å². The number of rotatable bonds is 9. The molecule has 6 nitrogen and oxygen atoms in total. The molecule has 4 rings (SSSR count). The van der Waals surface area contributed by atoms with Crippen LogP contribution in [0.25, 0.3) is 11.3 Å². The van der Waals surface area contributed by atoms with E-state index in [1.54, 1.807) is 42.7 Å². The van der Waals surface area contributed by atoms with Crippen LogP contribution >= 0.6 is 0 Å². The van der Waals surface area contributed by atoms with Gasteiger partial charge in [-0.25, -0.2) is 9.37 Å². The summed E-state index contributed by atoms with van der Waals surface area (Å²) in [5.41, 5.74) is 2.96. The minimum Gasteiger partial charge on any atom is -0.494 e. The van der Waals surface area contributed by atoms with E-state index in [0.29, 0.717) is 29.3 Å². The number of nitrogens with zero attached hydrogens (tertiary/aromatic N) is 2. The molecule has 0 aliphatic rings. The van der Waals surface area contributed by atoms with Crippen LogP contribution in [-0.2, 0) is 0 Å². The van der Waals surface area contributed by atoms with E-state index in [9.17, 15) is 0 Å². The van der Waals surface area contributed by atoms with E-state index in [1.165, 1.54) is 0 Å². The Hall–Kier alpha value is -4.31. The molecular weight excluding hydrogens is 445 g/mol. The average molecular weight is 472 g/mol. The van der Waals surface area contributed by atoms with E-state index >= 15 is 4.39 Å². The maximum atomic E-state index is 15.8. The van der Waals surface area contributed by atoms with Crippen LogP contribution in [0.15, 0.2) is 77.4 Å². The van der Waals surface area contributed by atoms with Gasteiger partial charge < -0.3 is 19.2 Å². The molecule has 0 radical (unpaired) electrons. The molecule has 35 heavy (non-hydrogen) atoms. The predicted octanol–water partition coefficient (Wildman–Crippen LogP) is 6.74. The van der Waals surface area contributed by atoms with E-state index in [0.717, 1.165) is 5.56 Å². The van der Waals surface area contributed by atoms with Crippen LogP contribution in [0.5, 0.6) is 11.5 Å². The highest BCUT2D eigenvalue weighted by Gasteiger charge is 2.27. The Kier molecular flexibility index (Phi) is 7.32. The van der Waals surface area contributed by atoms with E-state index in [1.807, 2.05) is 51.1 Å². The molecule has 3 aromatic carbocycles. The summed E-state index contributed by atoms with van der Waals surface area (Å²) in [5.74, 6) is 0.299. The van der Waals surface area contributed by atoms with Gasteiger partial charge in [0.05, 0.1) is 24.3 Å². The quantitative estimate of drug-likeness (QED) is 0.291. The zero-order chi connectivity index (χ0) is 24.8. The van der Waals surface area contributed by atoms with Gasteiger partial charge in [0, 0.05) is 22.9 Å². The molecule has 0 spiro atoms. The molecule has 1 N–H and O–H groups in total. The Morgan fingerprint density at radius 3 is 2.49 bits per heavy atom. The fourth-order valence-corrected chi connectivity index (χ4v) is 3.63. The van der Waals surface area contributed by atoms with Crippen LogP contribution < -0.4 is 14.8 Å². The summed E-state index contributed by atoms with van der Waals surface area (Å²) in [7, 11) is 0. The number of aromatic nitrogens is 1. The zero-order valence-electron chi connectivity index (χ0n) is 19.8. The summed E-state index contributed by atoms with van der Waals surface area (Å²) in [6.07, 6.45) is 1.32. The lowest BCUT2D eigenvalue weighted by molar-refractivity contribution is 0.228. The first-order chi connectivity index (χ1) is 17.0. The molecular formula is C28H26FN3O3. The molecule has 7 heteroatoms. The van der Waals surface area contributed by atoms with Crippen molar-refractivity contribution in [3.8, 4) is 28.8 Å². The average Bonchev–Trinajstić information content (AvgIpc) is 3.35. The molecule has 0 saturated carbocycles. The first kappa shape index (κ1) is 23.8. The molecule has 1 heterocycles. The molecule has 0 aliphatic carbocycles. The SMILES string of the molecule is CCOc1cc(OC(C)C)c(F)c(C(Nc2ccc(C#N)cc2)c2nc(-c3ccccc3)co2)c1. The van der Waals surface area contributed by atoms with E-state index in [2.05, 4.69) is 16.4 Å². The fraction of sp³-hybridized carbons (Fsp3) is 0.214. The topological polar surface area (TPSA) is 80.3 Å². The maximum Gasteiger partial charge on any atom is 0.221 e. The number of ether oxygens (including phenoxy) is 2. The Labute approximate surface area is 204 Å². The van der Waals surface area contributed by atoms with E-state index in [-0.39, 0.29) is 23.3 Å². The monoisotopic (exact) mass is 471 g/mol. The van der Waals surface area contributed by atoms with Gasteiger partial charge in [0.25, 0.3) is 0 Å². The molecule has 1 aromatic heterocycles. The largest absolute Gasteiger partial charge is 0.494 e. The molecule has 0 aliphatic heterocycles. The summed E-state index contributed by atoms with van der Waals surface area (Å²) < 4.78 is 33.1. The number of anilines is 1. The van der Waals surface area contributed by atoms with Gasteiger partial charge in [-0.3, -0.25) is 0 Å². The highest BCUT2D eigenvalue weighted by atomic mass is 19.1. The fourth-order valence-electron chi connectivity index (χ4n) is 3.63. The second-order valence-corrected chi connectivity index (χ2v) is 8.13. The smallest absolute Gasteiger partial charge is 0.221 e. The van der Waals surface area contributed by atoms with E-state index < -0.39 is 11.9 Å². The Morgan fingerprint density at radius 1 is 1.09 bits per heavy atom. The molecule has 178 valence electrons. The number of benzene rings is 3. The molecule has 4 aromatic rings. The van der Waals surface area contributed by atoms with Gasteiger partial charge in [-0.1, -0.05) is 30.3 Å². The van der Waals surface area contributed by atoms with Gasteiger partial charge in [-0.15, -0.1) is 0 Å². The second-order valence-electron chi connectivity index (χ2n) is 8.13. The summed E-state index contributed by atoms with van der Waals surface area (Å²) >= 11 is 0. The lowest BCUT2D eigenvalue weighted by Crippen LogP contribution is -2.16. The van der Waals surface area contributed by atoms with Crippen molar-refractivity contribution in [2.24, 2.45) is 0 Å². The summed E-state index contributed by atoms with van der Waals surface area (Å²) in [5, 5.41) is 12.4.